The number of piperidine rings is 1. The minimum atomic E-state index is 0.170. The second-order valence-electron chi connectivity index (χ2n) is 6.36. The highest BCUT2D eigenvalue weighted by Gasteiger charge is 2.33. The lowest BCUT2D eigenvalue weighted by molar-refractivity contribution is 0.244. The Hall–Kier alpha value is -1.51. The molecule has 108 valence electrons. The molecule has 20 heavy (non-hydrogen) atoms. The average Bonchev–Trinajstić information content (AvgIpc) is 2.46. The van der Waals surface area contributed by atoms with Crippen LogP contribution in [0.3, 0.4) is 0 Å². The Kier molecular flexibility index (Phi) is 3.68. The molecule has 0 spiro atoms. The van der Waals surface area contributed by atoms with Crippen LogP contribution in [0.15, 0.2) is 18.2 Å². The van der Waals surface area contributed by atoms with Gasteiger partial charge in [0.05, 0.1) is 0 Å². The van der Waals surface area contributed by atoms with Crippen LogP contribution in [0.5, 0.6) is 0 Å². The number of hydrogen-bond acceptors (Lipinski definition) is 2. The Morgan fingerprint density at radius 3 is 2.70 bits per heavy atom. The molecule has 0 aromatic heterocycles. The van der Waals surface area contributed by atoms with E-state index in [0.29, 0.717) is 0 Å². The number of fused-ring (bicyclic) bond motifs is 1. The van der Waals surface area contributed by atoms with Crippen LogP contribution in [0.1, 0.15) is 49.7 Å². The van der Waals surface area contributed by atoms with Crippen molar-refractivity contribution in [1.29, 1.82) is 5.41 Å². The minimum Gasteiger partial charge on any atom is -0.384 e. The fourth-order valence-electron chi connectivity index (χ4n) is 4.07. The summed E-state index contributed by atoms with van der Waals surface area (Å²) in [5, 5.41) is 7.60. The molecule has 3 rings (SSSR count). The average molecular weight is 271 g/mol. The van der Waals surface area contributed by atoms with E-state index in [1.165, 1.54) is 50.8 Å². The van der Waals surface area contributed by atoms with Crippen LogP contribution in [0.4, 0.5) is 5.69 Å². The zero-order valence-electron chi connectivity index (χ0n) is 12.4. The van der Waals surface area contributed by atoms with E-state index < -0.39 is 0 Å². The van der Waals surface area contributed by atoms with Gasteiger partial charge in [0.2, 0.25) is 0 Å². The van der Waals surface area contributed by atoms with Crippen LogP contribution >= 0.6 is 0 Å². The summed E-state index contributed by atoms with van der Waals surface area (Å²) in [7, 11) is 0. The van der Waals surface area contributed by atoms with Crippen LogP contribution in [0.25, 0.3) is 0 Å². The molecule has 2 aliphatic rings. The smallest absolute Gasteiger partial charge is 0.123 e. The topological polar surface area (TPSA) is 53.1 Å². The van der Waals surface area contributed by atoms with Crippen molar-refractivity contribution >= 4 is 11.5 Å². The molecule has 1 aromatic carbocycles. The van der Waals surface area contributed by atoms with E-state index in [4.69, 9.17) is 11.1 Å². The van der Waals surface area contributed by atoms with Crippen molar-refractivity contribution < 1.29 is 0 Å². The molecule has 2 atom stereocenters. The third-order valence-corrected chi connectivity index (χ3v) is 5.08. The largest absolute Gasteiger partial charge is 0.384 e. The number of hydrogen-bond donors (Lipinski definition) is 2. The number of amidine groups is 1. The van der Waals surface area contributed by atoms with Gasteiger partial charge in [0.1, 0.15) is 5.84 Å². The van der Waals surface area contributed by atoms with Crippen molar-refractivity contribution in [2.45, 2.75) is 51.5 Å². The van der Waals surface area contributed by atoms with Gasteiger partial charge in [0.25, 0.3) is 0 Å². The molecule has 0 radical (unpaired) electrons. The van der Waals surface area contributed by atoms with Crippen LogP contribution in [0.2, 0.25) is 0 Å². The molecule has 1 saturated heterocycles. The number of nitrogens with one attached hydrogen (secondary N) is 1. The summed E-state index contributed by atoms with van der Waals surface area (Å²) in [4.78, 5) is 2.62. The van der Waals surface area contributed by atoms with Gasteiger partial charge in [-0.15, -0.1) is 0 Å². The Morgan fingerprint density at radius 2 is 1.95 bits per heavy atom. The number of rotatable bonds is 2. The van der Waals surface area contributed by atoms with Crippen LogP contribution in [-0.4, -0.2) is 18.4 Å². The maximum atomic E-state index is 7.60. The summed E-state index contributed by atoms with van der Waals surface area (Å²) in [5.74, 6) is 1.06. The van der Waals surface area contributed by atoms with Crippen molar-refractivity contribution in [3.05, 3.63) is 29.3 Å². The number of benzene rings is 1. The van der Waals surface area contributed by atoms with Gasteiger partial charge in [-0.2, -0.15) is 0 Å². The van der Waals surface area contributed by atoms with E-state index in [1.807, 2.05) is 6.07 Å². The van der Waals surface area contributed by atoms with Gasteiger partial charge in [0, 0.05) is 23.8 Å². The van der Waals surface area contributed by atoms with Gasteiger partial charge < -0.3 is 10.6 Å². The second-order valence-corrected chi connectivity index (χ2v) is 6.36. The van der Waals surface area contributed by atoms with Gasteiger partial charge in [-0.25, -0.2) is 0 Å². The van der Waals surface area contributed by atoms with Crippen molar-refractivity contribution in [3.63, 3.8) is 0 Å². The second kappa shape index (κ2) is 5.47. The molecule has 1 saturated carbocycles. The first kappa shape index (κ1) is 13.5. The lowest BCUT2D eigenvalue weighted by Crippen LogP contribution is -2.46. The molecule has 3 N–H and O–H groups in total. The predicted molar refractivity (Wildman–Crippen MR) is 84.5 cm³/mol. The molecule has 1 heterocycles. The monoisotopic (exact) mass is 271 g/mol. The van der Waals surface area contributed by atoms with Gasteiger partial charge in [0.15, 0.2) is 0 Å². The molecule has 1 aliphatic carbocycles. The summed E-state index contributed by atoms with van der Waals surface area (Å²) in [6.45, 7) is 3.24. The number of nitrogens with two attached hydrogens (primary N) is 1. The van der Waals surface area contributed by atoms with Crippen molar-refractivity contribution in [1.82, 2.24) is 0 Å². The quantitative estimate of drug-likeness (QED) is 0.639. The zero-order chi connectivity index (χ0) is 14.1. The summed E-state index contributed by atoms with van der Waals surface area (Å²) in [5.41, 5.74) is 8.93. The summed E-state index contributed by atoms with van der Waals surface area (Å²) in [6.07, 6.45) is 8.27. The van der Waals surface area contributed by atoms with Crippen LogP contribution < -0.4 is 10.6 Å². The number of aryl methyl sites for hydroxylation is 1. The maximum Gasteiger partial charge on any atom is 0.123 e. The third kappa shape index (κ3) is 2.41. The van der Waals surface area contributed by atoms with Gasteiger partial charge in [-0.3, -0.25) is 5.41 Å². The minimum absolute atomic E-state index is 0.170. The first-order valence-electron chi connectivity index (χ1n) is 7.88. The highest BCUT2D eigenvalue weighted by Crippen LogP contribution is 2.38. The highest BCUT2D eigenvalue weighted by molar-refractivity contribution is 5.96. The Bertz CT molecular complexity index is 507. The Morgan fingerprint density at radius 1 is 1.20 bits per heavy atom. The SMILES string of the molecule is Cc1cc(N2CCCC3CCCCC32)ccc1C(=N)N. The van der Waals surface area contributed by atoms with E-state index in [9.17, 15) is 0 Å². The van der Waals surface area contributed by atoms with Gasteiger partial charge in [-0.1, -0.05) is 12.8 Å². The van der Waals surface area contributed by atoms with E-state index in [2.05, 4.69) is 24.0 Å². The molecular weight excluding hydrogens is 246 g/mol. The molecule has 0 amide bonds. The van der Waals surface area contributed by atoms with Crippen molar-refractivity contribution in [2.24, 2.45) is 11.7 Å². The fourth-order valence-corrected chi connectivity index (χ4v) is 4.07. The zero-order valence-corrected chi connectivity index (χ0v) is 12.4. The molecule has 0 bridgehead atoms. The number of anilines is 1. The standard InChI is InChI=1S/C17H25N3/c1-12-11-14(8-9-15(12)17(18)19)20-10-4-6-13-5-2-3-7-16(13)20/h8-9,11,13,16H,2-7,10H2,1H3,(H3,18,19). The number of nitrogens with zero attached hydrogens (tertiary/aromatic N) is 1. The lowest BCUT2D eigenvalue weighted by atomic mass is 9.78. The Balaban J connectivity index is 1.87. The lowest BCUT2D eigenvalue weighted by Gasteiger charge is -2.45. The van der Waals surface area contributed by atoms with Crippen LogP contribution in [0, 0.1) is 18.3 Å². The summed E-state index contributed by atoms with van der Waals surface area (Å²) in [6, 6.07) is 7.12. The van der Waals surface area contributed by atoms with Gasteiger partial charge >= 0.3 is 0 Å². The third-order valence-electron chi connectivity index (χ3n) is 5.08. The van der Waals surface area contributed by atoms with Crippen LogP contribution in [-0.2, 0) is 0 Å². The highest BCUT2D eigenvalue weighted by atomic mass is 15.2. The summed E-state index contributed by atoms with van der Waals surface area (Å²) >= 11 is 0. The van der Waals surface area contributed by atoms with E-state index in [0.717, 1.165) is 23.1 Å². The maximum absolute atomic E-state index is 7.60. The van der Waals surface area contributed by atoms with Crippen molar-refractivity contribution in [2.75, 3.05) is 11.4 Å². The first-order valence-corrected chi connectivity index (χ1v) is 7.88. The van der Waals surface area contributed by atoms with E-state index >= 15 is 0 Å². The molecule has 1 aliphatic heterocycles. The fraction of sp³-hybridized carbons (Fsp3) is 0.588. The number of nitrogen functional groups attached to an aromatic ring is 1. The van der Waals surface area contributed by atoms with Gasteiger partial charge in [-0.05, 0) is 62.3 Å². The molecule has 2 unspecified atom stereocenters. The van der Waals surface area contributed by atoms with E-state index in [-0.39, 0.29) is 5.84 Å². The van der Waals surface area contributed by atoms with E-state index in [1.54, 1.807) is 0 Å². The predicted octanol–water partition coefficient (Wildman–Crippen LogP) is 3.44. The first-order chi connectivity index (χ1) is 9.66. The van der Waals surface area contributed by atoms with Crippen molar-refractivity contribution in [3.8, 4) is 0 Å². The normalized spacial score (nSPS) is 26.1. The molecular formula is C17H25N3. The molecule has 3 nitrogen and oxygen atoms in total. The molecule has 1 aromatic rings. The molecule has 3 heteroatoms. The summed E-state index contributed by atoms with van der Waals surface area (Å²) < 4.78 is 0. The molecule has 2 fully saturated rings. The Labute approximate surface area is 121 Å².